The number of hydrogen-bond donors (Lipinski definition) is 8. The highest BCUT2D eigenvalue weighted by Crippen LogP contribution is 2.29. The van der Waals surface area contributed by atoms with Crippen LogP contribution >= 0.6 is 0 Å². The van der Waals surface area contributed by atoms with Crippen molar-refractivity contribution in [3.63, 3.8) is 0 Å². The Bertz CT molecular complexity index is 1160. The molecule has 2 aliphatic rings. The van der Waals surface area contributed by atoms with E-state index in [1.807, 2.05) is 0 Å². The van der Waals surface area contributed by atoms with Crippen LogP contribution in [0.4, 0.5) is 0 Å². The van der Waals surface area contributed by atoms with Crippen molar-refractivity contribution in [2.24, 2.45) is 11.8 Å². The van der Waals surface area contributed by atoms with Crippen LogP contribution in [0.2, 0.25) is 0 Å². The van der Waals surface area contributed by atoms with Crippen molar-refractivity contribution in [2.75, 3.05) is 13.1 Å². The monoisotopic (exact) mass is 1040 g/mol. The largest absolute Gasteiger partial charge is 0.388 e. The average Bonchev–Trinajstić information content (AvgIpc) is 3.39. The molecule has 2 rings (SSSR count). The predicted octanol–water partition coefficient (Wildman–Crippen LogP) is 11.8. The minimum Gasteiger partial charge on any atom is -0.388 e. The van der Waals surface area contributed by atoms with Crippen LogP contribution in [0.5, 0.6) is 0 Å². The molecule has 73 heavy (non-hydrogen) atoms. The van der Waals surface area contributed by atoms with Crippen molar-refractivity contribution in [3.05, 3.63) is 0 Å². The number of rotatable bonds is 48. The van der Waals surface area contributed by atoms with Crippen molar-refractivity contribution >= 4 is 11.8 Å². The van der Waals surface area contributed by atoms with Gasteiger partial charge in [0, 0.05) is 24.9 Å². The molecule has 0 aromatic carbocycles. The molecule has 0 aliphatic carbocycles. The molecular weight excluding hydrogens is 925 g/mol. The normalized spacial score (nSPS) is 24.4. The maximum absolute atomic E-state index is 13.8. The summed E-state index contributed by atoms with van der Waals surface area (Å²) in [5.41, 5.74) is 0. The maximum atomic E-state index is 13.8. The lowest BCUT2D eigenvalue weighted by molar-refractivity contribution is -0.372. The SMILES string of the molecule is CCCCCCCCCCCC(CCCCCCCCCCC)C(=O)NCC1O[C@@H](O[C@@H]2OC(CNC(=O)C(CCCCCCCCCCC)CCCCCCCCCCC)[C@H](O)[C@H](O)C2O)C(O)[C@@H](O)[C@H]1O. The lowest BCUT2D eigenvalue weighted by Crippen LogP contribution is -2.65. The molecule has 2 amide bonds. The van der Waals surface area contributed by atoms with Crippen molar-refractivity contribution in [1.82, 2.24) is 10.6 Å². The summed E-state index contributed by atoms with van der Waals surface area (Å²) in [5.74, 6) is -0.670. The third-order valence-electron chi connectivity index (χ3n) is 15.9. The van der Waals surface area contributed by atoms with Gasteiger partial charge in [0.2, 0.25) is 11.8 Å². The third kappa shape index (κ3) is 30.4. The van der Waals surface area contributed by atoms with Gasteiger partial charge in [0.05, 0.1) is 0 Å². The van der Waals surface area contributed by atoms with E-state index in [0.29, 0.717) is 0 Å². The number of ether oxygens (including phenoxy) is 3. The number of carbonyl (C=O) groups excluding carboxylic acids is 2. The standard InChI is InChI=1S/C60H116N2O11/c1-5-9-13-17-21-25-29-33-37-41-47(42-38-34-30-26-22-18-14-10-6-2)57(69)61-45-49-51(63)53(65)55(67)59(71-49)73-60-56(68)54(66)52(64)50(72-60)46-62-58(70)48(43-39-35-31-27-23-19-15-11-7-3)44-40-36-32-28-24-20-16-12-8-4/h47-56,59-60,63-68H,5-46H2,1-4H3,(H,61,69)(H,62,70)/t49?,50?,51-,52-,53-,54-,55?,56?,59-,60-/m0/s1. The second-order valence-electron chi connectivity index (χ2n) is 22.5. The number of aliphatic hydroxyl groups is 6. The Balaban J connectivity index is 2.01. The molecule has 2 aliphatic heterocycles. The number of nitrogens with one attached hydrogen (secondary N) is 2. The van der Waals surface area contributed by atoms with Crippen LogP contribution in [0.15, 0.2) is 0 Å². The van der Waals surface area contributed by atoms with E-state index in [9.17, 15) is 40.2 Å². The Hall–Kier alpha value is -1.42. The van der Waals surface area contributed by atoms with E-state index in [0.717, 1.165) is 103 Å². The summed E-state index contributed by atoms with van der Waals surface area (Å²) in [7, 11) is 0. The Morgan fingerprint density at radius 2 is 0.562 bits per heavy atom. The number of hydrogen-bond acceptors (Lipinski definition) is 11. The van der Waals surface area contributed by atoms with Gasteiger partial charge in [-0.15, -0.1) is 0 Å². The molecule has 8 N–H and O–H groups in total. The van der Waals surface area contributed by atoms with Gasteiger partial charge in [-0.25, -0.2) is 0 Å². The van der Waals surface area contributed by atoms with Gasteiger partial charge in [-0.3, -0.25) is 9.59 Å². The molecule has 0 spiro atoms. The molecule has 2 saturated heterocycles. The molecule has 0 radical (unpaired) electrons. The van der Waals surface area contributed by atoms with Crippen LogP contribution in [0, 0.1) is 11.8 Å². The Labute approximate surface area is 446 Å². The van der Waals surface area contributed by atoms with Crippen LogP contribution in [-0.4, -0.2) is 117 Å². The zero-order valence-corrected chi connectivity index (χ0v) is 47.4. The molecular formula is C60H116N2O11. The fourth-order valence-electron chi connectivity index (χ4n) is 10.8. The fraction of sp³-hybridized carbons (Fsp3) is 0.967. The van der Waals surface area contributed by atoms with Crippen LogP contribution in [-0.2, 0) is 23.8 Å². The zero-order chi connectivity index (χ0) is 53.3. The highest BCUT2D eigenvalue weighted by molar-refractivity contribution is 5.79. The fourth-order valence-corrected chi connectivity index (χ4v) is 10.8. The second kappa shape index (κ2) is 44.5. The minimum absolute atomic E-state index is 0.135. The average molecular weight is 1040 g/mol. The van der Waals surface area contributed by atoms with Crippen LogP contribution in [0.1, 0.15) is 285 Å². The molecule has 0 bridgehead atoms. The first kappa shape index (κ1) is 67.7. The first-order valence-corrected chi connectivity index (χ1v) is 31.1. The van der Waals surface area contributed by atoms with Crippen LogP contribution in [0.25, 0.3) is 0 Å². The molecule has 13 heteroatoms. The molecule has 0 aromatic heterocycles. The van der Waals surface area contributed by atoms with E-state index in [1.165, 1.54) is 154 Å². The Morgan fingerprint density at radius 3 is 0.795 bits per heavy atom. The van der Waals surface area contributed by atoms with E-state index in [1.54, 1.807) is 0 Å². The van der Waals surface area contributed by atoms with Gasteiger partial charge in [0.15, 0.2) is 12.6 Å². The quantitative estimate of drug-likeness (QED) is 0.0269. The summed E-state index contributed by atoms with van der Waals surface area (Å²) in [5, 5.41) is 72.0. The summed E-state index contributed by atoms with van der Waals surface area (Å²) in [6, 6.07) is 0. The van der Waals surface area contributed by atoms with Gasteiger partial charge in [0.25, 0.3) is 0 Å². The van der Waals surface area contributed by atoms with Gasteiger partial charge in [-0.1, -0.05) is 259 Å². The van der Waals surface area contributed by atoms with Crippen molar-refractivity contribution in [1.29, 1.82) is 0 Å². The van der Waals surface area contributed by atoms with E-state index < -0.39 is 61.4 Å². The van der Waals surface area contributed by atoms with Gasteiger partial charge < -0.3 is 55.5 Å². The van der Waals surface area contributed by atoms with Crippen molar-refractivity contribution in [3.8, 4) is 0 Å². The van der Waals surface area contributed by atoms with E-state index in [-0.39, 0.29) is 36.7 Å². The summed E-state index contributed by atoms with van der Waals surface area (Å²) < 4.78 is 17.9. The highest BCUT2D eigenvalue weighted by atomic mass is 16.8. The van der Waals surface area contributed by atoms with Crippen molar-refractivity contribution < 1.29 is 54.4 Å². The maximum Gasteiger partial charge on any atom is 0.223 e. The Kier molecular flexibility index (Phi) is 41.3. The number of amides is 2. The summed E-state index contributed by atoms with van der Waals surface area (Å²) in [4.78, 5) is 27.6. The summed E-state index contributed by atoms with van der Waals surface area (Å²) >= 11 is 0. The summed E-state index contributed by atoms with van der Waals surface area (Å²) in [6.45, 7) is 8.62. The number of carbonyl (C=O) groups is 2. The van der Waals surface area contributed by atoms with Crippen LogP contribution < -0.4 is 10.6 Å². The smallest absolute Gasteiger partial charge is 0.223 e. The molecule has 4 unspecified atom stereocenters. The molecule has 432 valence electrons. The predicted molar refractivity (Wildman–Crippen MR) is 295 cm³/mol. The van der Waals surface area contributed by atoms with Gasteiger partial charge >= 0.3 is 0 Å². The molecule has 0 saturated carbocycles. The molecule has 2 fully saturated rings. The molecule has 2 heterocycles. The Morgan fingerprint density at radius 1 is 0.342 bits per heavy atom. The van der Waals surface area contributed by atoms with Gasteiger partial charge in [0.1, 0.15) is 48.8 Å². The van der Waals surface area contributed by atoms with E-state index in [4.69, 9.17) is 14.2 Å². The van der Waals surface area contributed by atoms with E-state index in [2.05, 4.69) is 38.3 Å². The topological polar surface area (TPSA) is 207 Å². The lowest BCUT2D eigenvalue weighted by atomic mass is 9.92. The van der Waals surface area contributed by atoms with Crippen LogP contribution in [0.3, 0.4) is 0 Å². The van der Waals surface area contributed by atoms with E-state index >= 15 is 0 Å². The first-order chi connectivity index (χ1) is 35.5. The molecule has 10 atom stereocenters. The number of unbranched alkanes of at least 4 members (excludes halogenated alkanes) is 32. The third-order valence-corrected chi connectivity index (χ3v) is 15.9. The second-order valence-corrected chi connectivity index (χ2v) is 22.5. The molecule has 0 aromatic rings. The highest BCUT2D eigenvalue weighted by Gasteiger charge is 2.50. The first-order valence-electron chi connectivity index (χ1n) is 31.1. The zero-order valence-electron chi connectivity index (χ0n) is 47.4. The summed E-state index contributed by atoms with van der Waals surface area (Å²) in [6.07, 6.45) is 30.5. The molecule has 13 nitrogen and oxygen atoms in total. The number of aliphatic hydroxyl groups excluding tert-OH is 6. The van der Waals surface area contributed by atoms with Gasteiger partial charge in [-0.2, -0.15) is 0 Å². The lowest BCUT2D eigenvalue weighted by Gasteiger charge is -2.45. The van der Waals surface area contributed by atoms with Gasteiger partial charge in [-0.05, 0) is 25.7 Å². The van der Waals surface area contributed by atoms with Crippen molar-refractivity contribution in [2.45, 2.75) is 346 Å². The minimum atomic E-state index is -1.77.